The number of hydrogen-bond acceptors (Lipinski definition) is 1. The van der Waals surface area contributed by atoms with E-state index in [1.807, 2.05) is 0 Å². The number of halogens is 1. The average Bonchev–Trinajstić information content (AvgIpc) is 2.19. The molecule has 0 amide bonds. The smallest absolute Gasteiger partial charge is 0.128 e. The van der Waals surface area contributed by atoms with Crippen LogP contribution in [0.15, 0.2) is 28.9 Å². The van der Waals surface area contributed by atoms with Gasteiger partial charge in [0.25, 0.3) is 0 Å². The van der Waals surface area contributed by atoms with Crippen molar-refractivity contribution >= 4 is 17.3 Å². The zero-order valence-corrected chi connectivity index (χ0v) is 9.56. The highest BCUT2D eigenvalue weighted by Crippen LogP contribution is 2.25. The molecule has 1 fully saturated rings. The third-order valence-corrected chi connectivity index (χ3v) is 2.95. The van der Waals surface area contributed by atoms with Crippen molar-refractivity contribution in [3.8, 4) is 0 Å². The first-order chi connectivity index (χ1) is 6.74. The van der Waals surface area contributed by atoms with E-state index < -0.39 is 0 Å². The minimum Gasteiger partial charge on any atom is -0.246 e. The van der Waals surface area contributed by atoms with Crippen LogP contribution in [0.4, 0.5) is 0 Å². The van der Waals surface area contributed by atoms with Crippen molar-refractivity contribution in [2.45, 2.75) is 39.0 Å². The maximum atomic E-state index is 5.90. The molecule has 0 spiro atoms. The van der Waals surface area contributed by atoms with Crippen molar-refractivity contribution in [2.24, 2.45) is 10.9 Å². The second-order valence-electron chi connectivity index (χ2n) is 3.81. The van der Waals surface area contributed by atoms with Gasteiger partial charge in [-0.15, -0.1) is 0 Å². The highest BCUT2D eigenvalue weighted by Gasteiger charge is 2.15. The van der Waals surface area contributed by atoms with Crippen LogP contribution < -0.4 is 0 Å². The van der Waals surface area contributed by atoms with Crippen LogP contribution in [0.3, 0.4) is 0 Å². The van der Waals surface area contributed by atoms with Crippen LogP contribution in [0.25, 0.3) is 0 Å². The minimum absolute atomic E-state index is 0.545. The van der Waals surface area contributed by atoms with Gasteiger partial charge in [0.15, 0.2) is 0 Å². The van der Waals surface area contributed by atoms with Crippen molar-refractivity contribution in [1.29, 1.82) is 0 Å². The highest BCUT2D eigenvalue weighted by atomic mass is 35.5. The molecule has 0 bridgehead atoms. The third-order valence-electron chi connectivity index (χ3n) is 2.73. The lowest BCUT2D eigenvalue weighted by molar-refractivity contribution is 0.438. The Morgan fingerprint density at radius 3 is 2.57 bits per heavy atom. The van der Waals surface area contributed by atoms with E-state index in [9.17, 15) is 0 Å². The van der Waals surface area contributed by atoms with Crippen LogP contribution in [-0.4, -0.2) is 5.71 Å². The van der Waals surface area contributed by atoms with Crippen LogP contribution in [0.5, 0.6) is 0 Å². The lowest BCUT2D eigenvalue weighted by Crippen LogP contribution is -2.14. The first-order valence-electron chi connectivity index (χ1n) is 5.27. The first-order valence-corrected chi connectivity index (χ1v) is 5.65. The van der Waals surface area contributed by atoms with Crippen molar-refractivity contribution in [3.63, 3.8) is 0 Å². The molecule has 0 aliphatic heterocycles. The number of nitrogens with zero attached hydrogens (tertiary/aromatic N) is 1. The summed E-state index contributed by atoms with van der Waals surface area (Å²) >= 11 is 5.90. The molecule has 1 aliphatic rings. The quantitative estimate of drug-likeness (QED) is 0.375. The van der Waals surface area contributed by atoms with E-state index in [1.54, 1.807) is 12.2 Å². The highest BCUT2D eigenvalue weighted by molar-refractivity contribution is 6.30. The molecule has 2 heteroatoms. The van der Waals surface area contributed by atoms with E-state index in [-0.39, 0.29) is 0 Å². The molecule has 0 aromatic rings. The van der Waals surface area contributed by atoms with Gasteiger partial charge in [0.1, 0.15) is 5.16 Å². The topological polar surface area (TPSA) is 12.4 Å². The largest absolute Gasteiger partial charge is 0.246 e. The maximum absolute atomic E-state index is 5.90. The van der Waals surface area contributed by atoms with E-state index in [0.717, 1.165) is 0 Å². The summed E-state index contributed by atoms with van der Waals surface area (Å²) in [6, 6.07) is 0. The third kappa shape index (κ3) is 3.67. The molecule has 1 aliphatic carbocycles. The maximum Gasteiger partial charge on any atom is 0.128 e. The van der Waals surface area contributed by atoms with Gasteiger partial charge in [-0.1, -0.05) is 43.5 Å². The predicted molar refractivity (Wildman–Crippen MR) is 63.8 cm³/mol. The molecule has 0 aromatic heterocycles. The van der Waals surface area contributed by atoms with Crippen LogP contribution in [0, 0.1) is 5.92 Å². The Morgan fingerprint density at radius 1 is 1.36 bits per heavy atom. The Labute approximate surface area is 91.6 Å². The Balaban J connectivity index is 2.57. The first kappa shape index (κ1) is 11.5. The summed E-state index contributed by atoms with van der Waals surface area (Å²) in [5.74, 6) is 0.649. The molecule has 0 radical (unpaired) electrons. The molecular formula is C12H18ClN. The summed E-state index contributed by atoms with van der Waals surface area (Å²) in [6.07, 6.45) is 9.98. The predicted octanol–water partition coefficient (Wildman–Crippen LogP) is 4.29. The van der Waals surface area contributed by atoms with E-state index in [0.29, 0.717) is 11.1 Å². The normalized spacial score (nSPS) is 21.0. The summed E-state index contributed by atoms with van der Waals surface area (Å²) in [5, 5.41) is 0.545. The second kappa shape index (κ2) is 6.02. The summed E-state index contributed by atoms with van der Waals surface area (Å²) < 4.78 is 0. The van der Waals surface area contributed by atoms with Gasteiger partial charge in [0, 0.05) is 5.71 Å². The summed E-state index contributed by atoms with van der Waals surface area (Å²) in [4.78, 5) is 4.36. The summed E-state index contributed by atoms with van der Waals surface area (Å²) in [5.41, 5.74) is 1.17. The number of allylic oxidation sites excluding steroid dienone is 2. The van der Waals surface area contributed by atoms with Gasteiger partial charge >= 0.3 is 0 Å². The lowest BCUT2D eigenvalue weighted by atomic mass is 9.86. The van der Waals surface area contributed by atoms with Crippen molar-refractivity contribution in [3.05, 3.63) is 23.9 Å². The van der Waals surface area contributed by atoms with Gasteiger partial charge in [-0.05, 0) is 31.8 Å². The molecule has 1 nitrogen and oxygen atoms in total. The van der Waals surface area contributed by atoms with E-state index in [2.05, 4.69) is 18.5 Å². The van der Waals surface area contributed by atoms with Crippen molar-refractivity contribution in [2.75, 3.05) is 0 Å². The van der Waals surface area contributed by atoms with Gasteiger partial charge < -0.3 is 0 Å². The second-order valence-corrected chi connectivity index (χ2v) is 4.20. The molecule has 0 unspecified atom stereocenters. The zero-order valence-electron chi connectivity index (χ0n) is 8.80. The fourth-order valence-electron chi connectivity index (χ4n) is 1.91. The van der Waals surface area contributed by atoms with Crippen molar-refractivity contribution in [1.82, 2.24) is 0 Å². The molecule has 78 valence electrons. The van der Waals surface area contributed by atoms with E-state index in [4.69, 9.17) is 11.6 Å². The number of rotatable bonds is 3. The fourth-order valence-corrected chi connectivity index (χ4v) is 2.14. The van der Waals surface area contributed by atoms with Gasteiger partial charge in [0.05, 0.1) is 0 Å². The van der Waals surface area contributed by atoms with Crippen LogP contribution in [0.1, 0.15) is 39.0 Å². The molecule has 0 aromatic carbocycles. The van der Waals surface area contributed by atoms with Crippen LogP contribution >= 0.6 is 11.6 Å². The molecule has 1 rings (SSSR count). The molecular weight excluding hydrogens is 194 g/mol. The standard InChI is InChI=1S/C12H18ClN/c1-3-7-12(13)14-10(2)11-8-5-4-6-9-11/h3,7,11H,1,4-6,8-9H2,2H3/b12-7-,14-10?. The molecule has 14 heavy (non-hydrogen) atoms. The molecule has 1 saturated carbocycles. The van der Waals surface area contributed by atoms with Gasteiger partial charge in [-0.3, -0.25) is 0 Å². The molecule has 0 N–H and O–H groups in total. The van der Waals surface area contributed by atoms with Crippen molar-refractivity contribution < 1.29 is 0 Å². The Bertz CT molecular complexity index is 247. The zero-order chi connectivity index (χ0) is 10.4. The van der Waals surface area contributed by atoms with Gasteiger partial charge in [0.2, 0.25) is 0 Å². The average molecular weight is 212 g/mol. The number of aliphatic imine (C=N–C) groups is 1. The fraction of sp³-hybridized carbons (Fsp3) is 0.583. The monoisotopic (exact) mass is 211 g/mol. The minimum atomic E-state index is 0.545. The van der Waals surface area contributed by atoms with Gasteiger partial charge in [-0.2, -0.15) is 0 Å². The number of hydrogen-bond donors (Lipinski definition) is 0. The molecule has 0 atom stereocenters. The lowest BCUT2D eigenvalue weighted by Gasteiger charge is -2.21. The summed E-state index contributed by atoms with van der Waals surface area (Å²) in [7, 11) is 0. The van der Waals surface area contributed by atoms with Crippen LogP contribution in [0.2, 0.25) is 0 Å². The Hall–Kier alpha value is -0.560. The van der Waals surface area contributed by atoms with E-state index in [1.165, 1.54) is 37.8 Å². The Kier molecular flexibility index (Phi) is 4.95. The van der Waals surface area contributed by atoms with Gasteiger partial charge in [-0.25, -0.2) is 4.99 Å². The van der Waals surface area contributed by atoms with Crippen LogP contribution in [-0.2, 0) is 0 Å². The van der Waals surface area contributed by atoms with E-state index >= 15 is 0 Å². The molecule has 0 saturated heterocycles. The summed E-state index contributed by atoms with van der Waals surface area (Å²) in [6.45, 7) is 5.67. The SMILES string of the molecule is C=C/C=C(/Cl)N=C(C)C1CCCCC1. The Morgan fingerprint density at radius 2 is 2.00 bits per heavy atom. The molecule has 0 heterocycles.